The molecule has 1 heterocycles. The fourth-order valence-electron chi connectivity index (χ4n) is 2.45. The number of benzene rings is 1. The molecule has 1 aromatic carbocycles. The van der Waals surface area contributed by atoms with Gasteiger partial charge in [0.2, 0.25) is 0 Å². The van der Waals surface area contributed by atoms with E-state index in [0.717, 1.165) is 22.4 Å². The summed E-state index contributed by atoms with van der Waals surface area (Å²) in [4.78, 5) is 14.8. The van der Waals surface area contributed by atoms with E-state index in [2.05, 4.69) is 33.9 Å². The quantitative estimate of drug-likeness (QED) is 0.664. The zero-order valence-electron chi connectivity index (χ0n) is 13.2. The highest BCUT2D eigenvalue weighted by Crippen LogP contribution is 2.21. The van der Waals surface area contributed by atoms with Gasteiger partial charge in [-0.05, 0) is 46.6 Å². The average Bonchev–Trinajstić information content (AvgIpc) is 2.93. The number of carbonyl (C=O) groups is 1. The van der Waals surface area contributed by atoms with Crippen LogP contribution in [0.4, 0.5) is 0 Å². The summed E-state index contributed by atoms with van der Waals surface area (Å²) >= 11 is 5.19. The van der Waals surface area contributed by atoms with Gasteiger partial charge in [-0.1, -0.05) is 36.9 Å². The highest BCUT2D eigenvalue weighted by Gasteiger charge is 2.17. The van der Waals surface area contributed by atoms with Crippen molar-refractivity contribution in [3.63, 3.8) is 0 Å². The van der Waals surface area contributed by atoms with E-state index < -0.39 is 0 Å². The van der Waals surface area contributed by atoms with Gasteiger partial charge in [-0.15, -0.1) is 11.3 Å². The molecule has 0 aliphatic heterocycles. The Morgan fingerprint density at radius 2 is 2.09 bits per heavy atom. The van der Waals surface area contributed by atoms with Crippen molar-refractivity contribution in [2.75, 3.05) is 13.1 Å². The van der Waals surface area contributed by atoms with Crippen LogP contribution in [0.1, 0.15) is 23.4 Å². The molecular formula is C18H22BrN2OS+. The first-order chi connectivity index (χ1) is 11.1. The minimum absolute atomic E-state index is 0.0181. The van der Waals surface area contributed by atoms with E-state index in [0.29, 0.717) is 6.54 Å². The molecule has 0 aliphatic rings. The summed E-state index contributed by atoms with van der Waals surface area (Å²) in [5.74, 6) is 0.0637. The zero-order valence-corrected chi connectivity index (χ0v) is 15.6. The number of rotatable bonds is 8. The average molecular weight is 394 g/mol. The fourth-order valence-corrected chi connectivity index (χ4v) is 4.00. The van der Waals surface area contributed by atoms with Gasteiger partial charge in [0.15, 0.2) is 6.54 Å². The van der Waals surface area contributed by atoms with Gasteiger partial charge in [0.05, 0.1) is 21.3 Å². The molecule has 2 atom stereocenters. The van der Waals surface area contributed by atoms with Crippen LogP contribution in [0.25, 0.3) is 0 Å². The van der Waals surface area contributed by atoms with E-state index in [1.165, 1.54) is 9.78 Å². The molecule has 0 spiro atoms. The van der Waals surface area contributed by atoms with E-state index in [4.69, 9.17) is 0 Å². The number of thiophene rings is 1. The van der Waals surface area contributed by atoms with E-state index in [1.54, 1.807) is 11.3 Å². The van der Waals surface area contributed by atoms with Gasteiger partial charge in [0.1, 0.15) is 6.54 Å². The second-order valence-electron chi connectivity index (χ2n) is 5.50. The Balaban J connectivity index is 1.91. The number of halogens is 1. The second-order valence-corrected chi connectivity index (χ2v) is 8.05. The second kappa shape index (κ2) is 9.01. The monoisotopic (exact) mass is 393 g/mol. The standard InChI is InChI=1S/C18H21BrN2OS/c1-3-11-21(12-16-9-10-17(19)23-16)13-18(22)20-14(2)15-7-5-4-6-8-15/h3-10,14H,1,11-13H2,2H3,(H,20,22)/p+1/t14-/m1/s1. The van der Waals surface area contributed by atoms with Crippen LogP contribution in [0.2, 0.25) is 0 Å². The molecule has 0 saturated heterocycles. The van der Waals surface area contributed by atoms with Crippen LogP contribution in [0.5, 0.6) is 0 Å². The van der Waals surface area contributed by atoms with E-state index in [1.807, 2.05) is 49.4 Å². The molecule has 5 heteroatoms. The third-order valence-corrected chi connectivity index (χ3v) is 5.20. The van der Waals surface area contributed by atoms with Crippen LogP contribution < -0.4 is 10.2 Å². The van der Waals surface area contributed by atoms with Crippen molar-refractivity contribution in [1.82, 2.24) is 5.32 Å². The van der Waals surface area contributed by atoms with E-state index in [9.17, 15) is 4.79 Å². The van der Waals surface area contributed by atoms with Crippen molar-refractivity contribution < 1.29 is 9.69 Å². The van der Waals surface area contributed by atoms with Crippen molar-refractivity contribution in [2.24, 2.45) is 0 Å². The van der Waals surface area contributed by atoms with Crippen molar-refractivity contribution in [1.29, 1.82) is 0 Å². The maximum Gasteiger partial charge on any atom is 0.275 e. The first-order valence-corrected chi connectivity index (χ1v) is 9.22. The molecule has 0 bridgehead atoms. The Bertz CT molecular complexity index is 641. The molecule has 2 N–H and O–H groups in total. The zero-order chi connectivity index (χ0) is 16.7. The van der Waals surface area contributed by atoms with Crippen molar-refractivity contribution in [3.05, 3.63) is 69.3 Å². The molecule has 3 nitrogen and oxygen atoms in total. The molecule has 0 aliphatic carbocycles. The highest BCUT2D eigenvalue weighted by molar-refractivity contribution is 9.11. The number of nitrogens with one attached hydrogen (secondary N) is 2. The molecule has 122 valence electrons. The fraction of sp³-hybridized carbons (Fsp3) is 0.278. The van der Waals surface area contributed by atoms with Gasteiger partial charge in [0, 0.05) is 0 Å². The summed E-state index contributed by atoms with van der Waals surface area (Å²) in [5, 5.41) is 3.08. The lowest BCUT2D eigenvalue weighted by molar-refractivity contribution is -0.899. The molecule has 2 aromatic rings. The van der Waals surface area contributed by atoms with Crippen LogP contribution in [-0.4, -0.2) is 19.0 Å². The van der Waals surface area contributed by atoms with Crippen LogP contribution in [0.15, 0.2) is 58.9 Å². The van der Waals surface area contributed by atoms with E-state index in [-0.39, 0.29) is 11.9 Å². The largest absolute Gasteiger partial charge is 0.345 e. The van der Waals surface area contributed by atoms with Crippen molar-refractivity contribution >= 4 is 33.2 Å². The number of hydrogen-bond acceptors (Lipinski definition) is 2. The predicted octanol–water partition coefficient (Wildman–Crippen LogP) is 2.96. The Morgan fingerprint density at radius 1 is 1.35 bits per heavy atom. The molecule has 1 amide bonds. The lowest BCUT2D eigenvalue weighted by Crippen LogP contribution is -3.11. The lowest BCUT2D eigenvalue weighted by Gasteiger charge is -2.19. The molecule has 0 radical (unpaired) electrons. The maximum atomic E-state index is 12.3. The summed E-state index contributed by atoms with van der Waals surface area (Å²) < 4.78 is 1.12. The van der Waals surface area contributed by atoms with Gasteiger partial charge >= 0.3 is 0 Å². The van der Waals surface area contributed by atoms with Crippen LogP contribution in [0.3, 0.4) is 0 Å². The van der Waals surface area contributed by atoms with Gasteiger partial charge in [-0.25, -0.2) is 0 Å². The lowest BCUT2D eigenvalue weighted by atomic mass is 10.1. The Labute approximate surface area is 150 Å². The highest BCUT2D eigenvalue weighted by atomic mass is 79.9. The Kier molecular flexibility index (Phi) is 7.02. The molecule has 2 rings (SSSR count). The Morgan fingerprint density at radius 3 is 2.70 bits per heavy atom. The summed E-state index contributed by atoms with van der Waals surface area (Å²) in [6.07, 6.45) is 1.87. The minimum Gasteiger partial charge on any atom is -0.345 e. The molecule has 0 fully saturated rings. The molecule has 0 saturated carbocycles. The summed E-state index contributed by atoms with van der Waals surface area (Å²) in [5.41, 5.74) is 1.12. The summed E-state index contributed by atoms with van der Waals surface area (Å²) in [6.45, 7) is 7.85. The normalized spacial score (nSPS) is 13.3. The maximum absolute atomic E-state index is 12.3. The van der Waals surface area contributed by atoms with E-state index >= 15 is 0 Å². The first-order valence-electron chi connectivity index (χ1n) is 7.61. The third kappa shape index (κ3) is 5.94. The number of quaternary nitrogens is 1. The van der Waals surface area contributed by atoms with Crippen LogP contribution in [0, 0.1) is 0 Å². The van der Waals surface area contributed by atoms with Crippen LogP contribution in [-0.2, 0) is 11.3 Å². The third-order valence-electron chi connectivity index (χ3n) is 3.57. The molecule has 1 aromatic heterocycles. The molecule has 1 unspecified atom stereocenters. The number of carbonyl (C=O) groups excluding carboxylic acids is 1. The molecular weight excluding hydrogens is 372 g/mol. The van der Waals surface area contributed by atoms with Gasteiger partial charge in [-0.2, -0.15) is 0 Å². The van der Waals surface area contributed by atoms with Gasteiger partial charge < -0.3 is 10.2 Å². The molecule has 23 heavy (non-hydrogen) atoms. The van der Waals surface area contributed by atoms with Gasteiger partial charge in [0.25, 0.3) is 5.91 Å². The predicted molar refractivity (Wildman–Crippen MR) is 99.6 cm³/mol. The van der Waals surface area contributed by atoms with Crippen LogP contribution >= 0.6 is 27.3 Å². The summed E-state index contributed by atoms with van der Waals surface area (Å²) in [6, 6.07) is 14.2. The van der Waals surface area contributed by atoms with Gasteiger partial charge in [-0.3, -0.25) is 4.79 Å². The van der Waals surface area contributed by atoms with Crippen molar-refractivity contribution in [2.45, 2.75) is 19.5 Å². The summed E-state index contributed by atoms with van der Waals surface area (Å²) in [7, 11) is 0. The topological polar surface area (TPSA) is 33.5 Å². The number of hydrogen-bond donors (Lipinski definition) is 2. The smallest absolute Gasteiger partial charge is 0.275 e. The first kappa shape index (κ1) is 17.9. The Hall–Kier alpha value is -1.43. The van der Waals surface area contributed by atoms with Crippen molar-refractivity contribution in [3.8, 4) is 0 Å². The minimum atomic E-state index is 0.0181. The number of amides is 1. The SMILES string of the molecule is C=CC[NH+](CC(=O)N[C@H](C)c1ccccc1)Cc1ccc(Br)s1.